The Morgan fingerprint density at radius 2 is 2.25 bits per heavy atom. The number of methoxy groups -OCH3 is 1. The maximum atomic E-state index is 6.48. The number of rotatable bonds is 5. The average molecular weight is 259 g/mol. The normalized spacial score (nSPS) is 20.4. The lowest BCUT2D eigenvalue weighted by Crippen LogP contribution is -2.39. The van der Waals surface area contributed by atoms with E-state index >= 15 is 0 Å². The van der Waals surface area contributed by atoms with Gasteiger partial charge in [0.25, 0.3) is 0 Å². The van der Waals surface area contributed by atoms with Crippen molar-refractivity contribution in [1.82, 2.24) is 0 Å². The highest BCUT2D eigenvalue weighted by Gasteiger charge is 2.39. The Labute approximate surface area is 107 Å². The minimum absolute atomic E-state index is 0.0722. The number of hydrogen-bond donors (Lipinski definition) is 0. The van der Waals surface area contributed by atoms with E-state index in [4.69, 9.17) is 16.3 Å². The SMILES string of the molecule is CCc1ccc(C(Cl)CC2(OC)CCC2)s1. The molecule has 16 heavy (non-hydrogen) atoms. The predicted octanol–water partition coefficient (Wildman–Crippen LogP) is 4.55. The van der Waals surface area contributed by atoms with Crippen LogP contribution in [-0.2, 0) is 11.2 Å². The highest BCUT2D eigenvalue weighted by atomic mass is 35.5. The molecule has 0 N–H and O–H groups in total. The molecule has 1 aromatic rings. The van der Waals surface area contributed by atoms with E-state index in [0.717, 1.165) is 12.8 Å². The van der Waals surface area contributed by atoms with Gasteiger partial charge in [-0.25, -0.2) is 0 Å². The lowest BCUT2D eigenvalue weighted by molar-refractivity contribution is -0.0778. The van der Waals surface area contributed by atoms with Gasteiger partial charge in [0.15, 0.2) is 0 Å². The molecule has 0 amide bonds. The first-order chi connectivity index (χ1) is 7.69. The smallest absolute Gasteiger partial charge is 0.0706 e. The van der Waals surface area contributed by atoms with Crippen molar-refractivity contribution in [2.75, 3.05) is 7.11 Å². The summed E-state index contributed by atoms with van der Waals surface area (Å²) in [4.78, 5) is 2.71. The minimum Gasteiger partial charge on any atom is -0.378 e. The molecule has 1 aliphatic carbocycles. The van der Waals surface area contributed by atoms with Crippen molar-refractivity contribution in [3.8, 4) is 0 Å². The number of halogens is 1. The summed E-state index contributed by atoms with van der Waals surface area (Å²) in [6.07, 6.45) is 5.66. The van der Waals surface area contributed by atoms with Gasteiger partial charge in [-0.3, -0.25) is 0 Å². The standard InChI is InChI=1S/C13H19ClOS/c1-3-10-5-6-12(16-10)11(14)9-13(15-2)7-4-8-13/h5-6,11H,3-4,7-9H2,1-2H3. The van der Waals surface area contributed by atoms with Crippen LogP contribution in [0, 0.1) is 0 Å². The van der Waals surface area contributed by atoms with Crippen LogP contribution in [0.5, 0.6) is 0 Å². The van der Waals surface area contributed by atoms with Crippen LogP contribution in [0.1, 0.15) is 47.7 Å². The lowest BCUT2D eigenvalue weighted by atomic mass is 9.76. The lowest BCUT2D eigenvalue weighted by Gasteiger charge is -2.41. The molecule has 0 aliphatic heterocycles. The van der Waals surface area contributed by atoms with E-state index in [1.54, 1.807) is 0 Å². The molecule has 1 unspecified atom stereocenters. The highest BCUT2D eigenvalue weighted by molar-refractivity contribution is 7.12. The summed E-state index contributed by atoms with van der Waals surface area (Å²) in [6, 6.07) is 4.36. The summed E-state index contributed by atoms with van der Waals surface area (Å²) in [5, 5.41) is 0.116. The second kappa shape index (κ2) is 5.07. The molecule has 0 saturated heterocycles. The molecule has 1 nitrogen and oxygen atoms in total. The summed E-state index contributed by atoms with van der Waals surface area (Å²) >= 11 is 8.32. The van der Waals surface area contributed by atoms with Crippen LogP contribution in [-0.4, -0.2) is 12.7 Å². The fourth-order valence-electron chi connectivity index (χ4n) is 2.24. The maximum absolute atomic E-state index is 6.48. The van der Waals surface area contributed by atoms with Crippen LogP contribution in [0.4, 0.5) is 0 Å². The van der Waals surface area contributed by atoms with Crippen LogP contribution < -0.4 is 0 Å². The third-order valence-corrected chi connectivity index (χ3v) is 5.45. The van der Waals surface area contributed by atoms with Crippen molar-refractivity contribution >= 4 is 22.9 Å². The van der Waals surface area contributed by atoms with Crippen molar-refractivity contribution in [3.05, 3.63) is 21.9 Å². The van der Waals surface area contributed by atoms with Crippen molar-refractivity contribution in [2.45, 2.75) is 50.0 Å². The Morgan fingerprint density at radius 1 is 1.50 bits per heavy atom. The largest absolute Gasteiger partial charge is 0.378 e. The van der Waals surface area contributed by atoms with Gasteiger partial charge in [0.1, 0.15) is 0 Å². The number of alkyl halides is 1. The number of thiophene rings is 1. The van der Waals surface area contributed by atoms with Crippen LogP contribution in [0.2, 0.25) is 0 Å². The zero-order valence-corrected chi connectivity index (χ0v) is 11.5. The summed E-state index contributed by atoms with van der Waals surface area (Å²) in [5.41, 5.74) is 0.0722. The average Bonchev–Trinajstić information content (AvgIpc) is 2.71. The monoisotopic (exact) mass is 258 g/mol. The molecule has 1 atom stereocenters. The Bertz CT molecular complexity index is 338. The van der Waals surface area contributed by atoms with Gasteiger partial charge in [-0.1, -0.05) is 6.92 Å². The van der Waals surface area contributed by atoms with Gasteiger partial charge in [0.05, 0.1) is 11.0 Å². The summed E-state index contributed by atoms with van der Waals surface area (Å²) in [5.74, 6) is 0. The van der Waals surface area contributed by atoms with Gasteiger partial charge in [0, 0.05) is 16.9 Å². The van der Waals surface area contributed by atoms with Crippen LogP contribution in [0.25, 0.3) is 0 Å². The fourth-order valence-corrected chi connectivity index (χ4v) is 3.66. The summed E-state index contributed by atoms with van der Waals surface area (Å²) in [6.45, 7) is 2.18. The van der Waals surface area contributed by atoms with Crippen LogP contribution in [0.15, 0.2) is 12.1 Å². The first-order valence-electron chi connectivity index (χ1n) is 5.97. The number of aryl methyl sites for hydroxylation is 1. The molecule has 1 fully saturated rings. The molecule has 3 heteroatoms. The zero-order valence-electron chi connectivity index (χ0n) is 9.96. The number of hydrogen-bond acceptors (Lipinski definition) is 2. The first kappa shape index (κ1) is 12.4. The summed E-state index contributed by atoms with van der Waals surface area (Å²) < 4.78 is 5.62. The van der Waals surface area contributed by atoms with Crippen molar-refractivity contribution in [2.24, 2.45) is 0 Å². The molecule has 90 valence electrons. The quantitative estimate of drug-likeness (QED) is 0.704. The van der Waals surface area contributed by atoms with Gasteiger partial charge in [0.2, 0.25) is 0 Å². The third-order valence-electron chi connectivity index (χ3n) is 3.59. The third kappa shape index (κ3) is 2.44. The van der Waals surface area contributed by atoms with E-state index in [0.29, 0.717) is 0 Å². The van der Waals surface area contributed by atoms with Crippen molar-refractivity contribution < 1.29 is 4.74 Å². The van der Waals surface area contributed by atoms with E-state index in [1.165, 1.54) is 29.0 Å². The fraction of sp³-hybridized carbons (Fsp3) is 0.692. The first-order valence-corrected chi connectivity index (χ1v) is 7.22. The Balaban J connectivity index is 1.99. The molecule has 1 aromatic heterocycles. The van der Waals surface area contributed by atoms with Crippen molar-refractivity contribution in [1.29, 1.82) is 0 Å². The molecule has 0 spiro atoms. The molecular formula is C13H19ClOS. The molecular weight excluding hydrogens is 240 g/mol. The molecule has 1 saturated carbocycles. The maximum Gasteiger partial charge on any atom is 0.0706 e. The van der Waals surface area contributed by atoms with Gasteiger partial charge in [-0.05, 0) is 44.2 Å². The molecule has 1 heterocycles. The Morgan fingerprint density at radius 3 is 2.69 bits per heavy atom. The van der Waals surface area contributed by atoms with Gasteiger partial charge >= 0.3 is 0 Å². The van der Waals surface area contributed by atoms with Crippen molar-refractivity contribution in [3.63, 3.8) is 0 Å². The van der Waals surface area contributed by atoms with E-state index in [2.05, 4.69) is 19.1 Å². The molecule has 1 aliphatic rings. The second-order valence-electron chi connectivity index (χ2n) is 4.57. The molecule has 0 bridgehead atoms. The highest BCUT2D eigenvalue weighted by Crippen LogP contribution is 2.44. The van der Waals surface area contributed by atoms with E-state index < -0.39 is 0 Å². The van der Waals surface area contributed by atoms with Gasteiger partial charge < -0.3 is 4.74 Å². The minimum atomic E-state index is 0.0722. The van der Waals surface area contributed by atoms with E-state index in [-0.39, 0.29) is 11.0 Å². The summed E-state index contributed by atoms with van der Waals surface area (Å²) in [7, 11) is 1.81. The topological polar surface area (TPSA) is 9.23 Å². The second-order valence-corrected chi connectivity index (χ2v) is 6.30. The molecule has 0 aromatic carbocycles. The zero-order chi connectivity index (χ0) is 11.6. The van der Waals surface area contributed by atoms with Gasteiger partial charge in [-0.15, -0.1) is 22.9 Å². The molecule has 2 rings (SSSR count). The predicted molar refractivity (Wildman–Crippen MR) is 70.5 cm³/mol. The van der Waals surface area contributed by atoms with E-state index in [1.807, 2.05) is 18.4 Å². The van der Waals surface area contributed by atoms with Crippen LogP contribution in [0.3, 0.4) is 0 Å². The Kier molecular flexibility index (Phi) is 3.93. The van der Waals surface area contributed by atoms with E-state index in [9.17, 15) is 0 Å². The van der Waals surface area contributed by atoms with Gasteiger partial charge in [-0.2, -0.15) is 0 Å². The number of ether oxygens (including phenoxy) is 1. The van der Waals surface area contributed by atoms with Crippen LogP contribution >= 0.6 is 22.9 Å². The molecule has 0 radical (unpaired) electrons. The Hall–Kier alpha value is -0.0500.